The van der Waals surface area contributed by atoms with Crippen molar-refractivity contribution in [3.8, 4) is 11.5 Å². The predicted molar refractivity (Wildman–Crippen MR) is 91.4 cm³/mol. The van der Waals surface area contributed by atoms with Gasteiger partial charge in [0.05, 0.1) is 10.0 Å². The van der Waals surface area contributed by atoms with Crippen molar-refractivity contribution in [2.45, 2.75) is 24.7 Å². The number of nitrogens with two attached hydrogens (primary N) is 1. The third kappa shape index (κ3) is 2.11. The highest BCUT2D eigenvalue weighted by Crippen LogP contribution is 2.51. The minimum Gasteiger partial charge on any atom is -0.454 e. The number of anilines is 2. The highest BCUT2D eigenvalue weighted by Gasteiger charge is 2.43. The zero-order chi connectivity index (χ0) is 15.3. The Morgan fingerprint density at radius 2 is 1.82 bits per heavy atom. The van der Waals surface area contributed by atoms with Gasteiger partial charge in [0.2, 0.25) is 0 Å². The maximum Gasteiger partial charge on any atom is 0.164 e. The summed E-state index contributed by atoms with van der Waals surface area (Å²) in [7, 11) is 0. The van der Waals surface area contributed by atoms with Crippen molar-refractivity contribution < 1.29 is 4.74 Å². The first-order chi connectivity index (χ1) is 10.6. The monoisotopic (exact) mass is 334 g/mol. The van der Waals surface area contributed by atoms with E-state index in [2.05, 4.69) is 17.4 Å². The lowest BCUT2D eigenvalue weighted by atomic mass is 9.66. The molecule has 3 nitrogen and oxygen atoms in total. The molecule has 0 saturated heterocycles. The van der Waals surface area contributed by atoms with E-state index in [0.717, 1.165) is 12.3 Å². The molecule has 22 heavy (non-hydrogen) atoms. The lowest BCUT2D eigenvalue weighted by Crippen LogP contribution is -2.35. The standard InChI is InChI=1S/C17H16Cl2N2O/c18-13-6-10(20)7-14(19)16(13)22-11-2-3-15-12(8-11)17(9-21-15)4-1-5-17/h2-3,6-8,21H,1,4-5,9,20H2. The number of hydrogen-bond acceptors (Lipinski definition) is 3. The number of halogens is 2. The Morgan fingerprint density at radius 3 is 2.45 bits per heavy atom. The summed E-state index contributed by atoms with van der Waals surface area (Å²) < 4.78 is 5.93. The van der Waals surface area contributed by atoms with E-state index in [1.54, 1.807) is 12.1 Å². The van der Waals surface area contributed by atoms with Gasteiger partial charge < -0.3 is 15.8 Å². The van der Waals surface area contributed by atoms with Crippen LogP contribution in [0.3, 0.4) is 0 Å². The molecule has 1 saturated carbocycles. The second kappa shape index (κ2) is 4.97. The van der Waals surface area contributed by atoms with Crippen molar-refractivity contribution >= 4 is 34.6 Å². The second-order valence-corrected chi connectivity index (χ2v) is 6.92. The molecule has 0 radical (unpaired) electrons. The van der Waals surface area contributed by atoms with Crippen molar-refractivity contribution in [2.24, 2.45) is 0 Å². The molecule has 0 atom stereocenters. The minimum absolute atomic E-state index is 0.295. The number of nitrogen functional groups attached to an aromatic ring is 1. The van der Waals surface area contributed by atoms with Crippen LogP contribution in [0.2, 0.25) is 10.0 Å². The van der Waals surface area contributed by atoms with E-state index in [1.807, 2.05) is 6.07 Å². The van der Waals surface area contributed by atoms with Gasteiger partial charge in [0.15, 0.2) is 5.75 Å². The molecule has 4 rings (SSSR count). The fraction of sp³-hybridized carbons (Fsp3) is 0.294. The normalized spacial score (nSPS) is 17.7. The fourth-order valence-electron chi connectivity index (χ4n) is 3.38. The van der Waals surface area contributed by atoms with Gasteiger partial charge >= 0.3 is 0 Å². The first-order valence-corrected chi connectivity index (χ1v) is 8.14. The van der Waals surface area contributed by atoms with E-state index >= 15 is 0 Å². The van der Waals surface area contributed by atoms with Gasteiger partial charge in [0.25, 0.3) is 0 Å². The molecule has 2 aromatic rings. The topological polar surface area (TPSA) is 47.3 Å². The van der Waals surface area contributed by atoms with E-state index in [4.69, 9.17) is 33.7 Å². The summed E-state index contributed by atoms with van der Waals surface area (Å²) in [6.45, 7) is 1.02. The zero-order valence-electron chi connectivity index (χ0n) is 12.0. The quantitative estimate of drug-likeness (QED) is 0.740. The van der Waals surface area contributed by atoms with Crippen LogP contribution < -0.4 is 15.8 Å². The molecular formula is C17H16Cl2N2O. The summed E-state index contributed by atoms with van der Waals surface area (Å²) in [6, 6.07) is 9.40. The Kier molecular flexibility index (Phi) is 3.17. The van der Waals surface area contributed by atoms with E-state index in [0.29, 0.717) is 26.9 Å². The van der Waals surface area contributed by atoms with Gasteiger partial charge in [-0.3, -0.25) is 0 Å². The van der Waals surface area contributed by atoms with Gasteiger partial charge in [-0.2, -0.15) is 0 Å². The van der Waals surface area contributed by atoms with Gasteiger partial charge in [-0.15, -0.1) is 0 Å². The van der Waals surface area contributed by atoms with Crippen molar-refractivity contribution in [1.82, 2.24) is 0 Å². The van der Waals surface area contributed by atoms with Crippen LogP contribution >= 0.6 is 23.2 Å². The van der Waals surface area contributed by atoms with Gasteiger partial charge in [0.1, 0.15) is 5.75 Å². The summed E-state index contributed by atoms with van der Waals surface area (Å²) in [5.41, 5.74) is 9.10. The smallest absolute Gasteiger partial charge is 0.164 e. The first kappa shape index (κ1) is 14.0. The summed E-state index contributed by atoms with van der Waals surface area (Å²) >= 11 is 12.4. The molecule has 1 aliphatic heterocycles. The number of hydrogen-bond donors (Lipinski definition) is 2. The molecule has 1 heterocycles. The largest absolute Gasteiger partial charge is 0.454 e. The van der Waals surface area contributed by atoms with Crippen LogP contribution in [0.25, 0.3) is 0 Å². The number of fused-ring (bicyclic) bond motifs is 2. The van der Waals surface area contributed by atoms with Gasteiger partial charge in [-0.25, -0.2) is 0 Å². The van der Waals surface area contributed by atoms with Gasteiger partial charge in [-0.05, 0) is 48.7 Å². The predicted octanol–water partition coefficient (Wildman–Crippen LogP) is 5.22. The maximum absolute atomic E-state index is 6.19. The van der Waals surface area contributed by atoms with E-state index in [1.165, 1.54) is 30.5 Å². The first-order valence-electron chi connectivity index (χ1n) is 7.38. The summed E-state index contributed by atoms with van der Waals surface area (Å²) in [5, 5.41) is 4.33. The molecule has 5 heteroatoms. The van der Waals surface area contributed by atoms with Crippen LogP contribution in [-0.2, 0) is 5.41 Å². The third-order valence-electron chi connectivity index (χ3n) is 4.73. The van der Waals surface area contributed by atoms with Crippen molar-refractivity contribution in [1.29, 1.82) is 0 Å². The van der Waals surface area contributed by atoms with Gasteiger partial charge in [-0.1, -0.05) is 29.6 Å². The molecule has 0 amide bonds. The zero-order valence-corrected chi connectivity index (χ0v) is 13.5. The summed E-state index contributed by atoms with van der Waals surface area (Å²) in [4.78, 5) is 0. The van der Waals surface area contributed by atoms with Crippen molar-refractivity contribution in [3.05, 3.63) is 45.9 Å². The van der Waals surface area contributed by atoms with Crippen LogP contribution in [0.5, 0.6) is 11.5 Å². The summed E-state index contributed by atoms with van der Waals surface area (Å²) in [6.07, 6.45) is 3.77. The Morgan fingerprint density at radius 1 is 1.09 bits per heavy atom. The molecule has 1 spiro atoms. The molecule has 2 aliphatic rings. The Balaban J connectivity index is 1.69. The highest BCUT2D eigenvalue weighted by atomic mass is 35.5. The van der Waals surface area contributed by atoms with Crippen molar-refractivity contribution in [3.63, 3.8) is 0 Å². The van der Waals surface area contributed by atoms with E-state index < -0.39 is 0 Å². The molecule has 2 aromatic carbocycles. The molecule has 114 valence electrons. The average molecular weight is 335 g/mol. The molecule has 0 aromatic heterocycles. The van der Waals surface area contributed by atoms with Gasteiger partial charge in [0, 0.05) is 23.3 Å². The van der Waals surface area contributed by atoms with Crippen LogP contribution in [0.15, 0.2) is 30.3 Å². The minimum atomic E-state index is 0.295. The number of nitrogens with one attached hydrogen (secondary N) is 1. The lowest BCUT2D eigenvalue weighted by Gasteiger charge is -2.38. The van der Waals surface area contributed by atoms with Crippen LogP contribution in [0.1, 0.15) is 24.8 Å². The number of benzene rings is 2. The van der Waals surface area contributed by atoms with Crippen LogP contribution in [-0.4, -0.2) is 6.54 Å². The fourth-order valence-corrected chi connectivity index (χ4v) is 3.97. The number of rotatable bonds is 2. The highest BCUT2D eigenvalue weighted by molar-refractivity contribution is 6.37. The average Bonchev–Trinajstić information content (AvgIpc) is 2.81. The Labute approximate surface area is 139 Å². The lowest BCUT2D eigenvalue weighted by molar-refractivity contribution is 0.271. The Hall–Kier alpha value is -1.58. The van der Waals surface area contributed by atoms with E-state index in [9.17, 15) is 0 Å². The molecular weight excluding hydrogens is 319 g/mol. The molecule has 1 aliphatic carbocycles. The molecule has 0 bridgehead atoms. The third-order valence-corrected chi connectivity index (χ3v) is 5.29. The SMILES string of the molecule is Nc1cc(Cl)c(Oc2ccc3c(c2)C2(CCC2)CN3)c(Cl)c1. The summed E-state index contributed by atoms with van der Waals surface area (Å²) in [5.74, 6) is 1.20. The van der Waals surface area contributed by atoms with Crippen molar-refractivity contribution in [2.75, 3.05) is 17.6 Å². The maximum atomic E-state index is 6.19. The Bertz CT molecular complexity index is 733. The second-order valence-electron chi connectivity index (χ2n) is 6.11. The molecule has 1 fully saturated rings. The molecule has 0 unspecified atom stereocenters. The van der Waals surface area contributed by atoms with E-state index in [-0.39, 0.29) is 0 Å². The number of ether oxygens (including phenoxy) is 1. The van der Waals surface area contributed by atoms with Crippen LogP contribution in [0.4, 0.5) is 11.4 Å². The van der Waals surface area contributed by atoms with Crippen LogP contribution in [0, 0.1) is 0 Å². The molecule has 3 N–H and O–H groups in total.